The molecule has 9 heteroatoms. The van der Waals surface area contributed by atoms with E-state index in [9.17, 15) is 4.79 Å². The number of benzene rings is 1. The van der Waals surface area contributed by atoms with Gasteiger partial charge in [0.15, 0.2) is 0 Å². The molecule has 150 valence electrons. The van der Waals surface area contributed by atoms with Crippen molar-refractivity contribution in [1.29, 1.82) is 0 Å². The van der Waals surface area contributed by atoms with Crippen LogP contribution < -0.4 is 25.0 Å². The van der Waals surface area contributed by atoms with Gasteiger partial charge in [-0.3, -0.25) is 0 Å². The Morgan fingerprint density at radius 2 is 1.64 bits per heavy atom. The Bertz CT molecular complexity index is 861. The highest BCUT2D eigenvalue weighted by Crippen LogP contribution is 2.36. The molecule has 1 saturated heterocycles. The molecule has 1 aromatic heterocycles. The van der Waals surface area contributed by atoms with E-state index in [1.165, 1.54) is 14.2 Å². The average molecular weight is 406 g/mol. The summed E-state index contributed by atoms with van der Waals surface area (Å²) >= 11 is 6.16. The zero-order valence-corrected chi connectivity index (χ0v) is 17.2. The van der Waals surface area contributed by atoms with Crippen molar-refractivity contribution in [2.24, 2.45) is 0 Å². The van der Waals surface area contributed by atoms with Gasteiger partial charge in [0.1, 0.15) is 11.5 Å². The number of anilines is 3. The number of aromatic nitrogens is 2. The van der Waals surface area contributed by atoms with Crippen LogP contribution in [0.15, 0.2) is 12.1 Å². The molecule has 28 heavy (non-hydrogen) atoms. The van der Waals surface area contributed by atoms with Crippen molar-refractivity contribution in [1.82, 2.24) is 9.97 Å². The number of nitrogens with one attached hydrogen (secondary N) is 2. The number of amides is 2. The fourth-order valence-electron chi connectivity index (χ4n) is 3.16. The lowest BCUT2D eigenvalue weighted by Gasteiger charge is -2.19. The number of methoxy groups -OCH3 is 2. The third kappa shape index (κ3) is 4.22. The first-order chi connectivity index (χ1) is 13.4. The second-order valence-electron chi connectivity index (χ2n) is 6.53. The maximum atomic E-state index is 12.5. The van der Waals surface area contributed by atoms with Gasteiger partial charge < -0.3 is 25.0 Å². The van der Waals surface area contributed by atoms with Crippen molar-refractivity contribution in [3.05, 3.63) is 28.5 Å². The van der Waals surface area contributed by atoms with Crippen molar-refractivity contribution in [2.75, 3.05) is 42.8 Å². The third-order valence-corrected chi connectivity index (χ3v) is 4.90. The maximum absolute atomic E-state index is 12.5. The van der Waals surface area contributed by atoms with Crippen molar-refractivity contribution in [3.8, 4) is 11.5 Å². The first kappa shape index (κ1) is 20.0. The third-order valence-electron chi connectivity index (χ3n) is 4.61. The number of aryl methyl sites for hydroxylation is 2. The normalized spacial score (nSPS) is 13.4. The van der Waals surface area contributed by atoms with Crippen molar-refractivity contribution in [3.63, 3.8) is 0 Å². The van der Waals surface area contributed by atoms with Gasteiger partial charge in [0.2, 0.25) is 5.95 Å². The van der Waals surface area contributed by atoms with Gasteiger partial charge in [0.25, 0.3) is 0 Å². The molecule has 0 spiro atoms. The number of halogens is 1. The smallest absolute Gasteiger partial charge is 0.323 e. The first-order valence-electron chi connectivity index (χ1n) is 9.02. The SMILES string of the molecule is COc1cc(OC)c(NC(=O)Nc2c(C)nc(N3CCCC3)nc2C)cc1Cl. The van der Waals surface area contributed by atoms with Gasteiger partial charge in [0.05, 0.1) is 42.0 Å². The number of rotatable bonds is 5. The standard InChI is InChI=1S/C19H24ClN5O3/c1-11-17(12(2)22-18(21-11)25-7-5-6-8-25)24-19(26)23-14-9-13(20)15(27-3)10-16(14)28-4/h9-10H,5-8H2,1-4H3,(H2,23,24,26). The van der Waals surface area contributed by atoms with Crippen LogP contribution in [0.1, 0.15) is 24.2 Å². The van der Waals surface area contributed by atoms with Crippen LogP contribution in [0, 0.1) is 13.8 Å². The number of ether oxygens (including phenoxy) is 2. The van der Waals surface area contributed by atoms with Crippen LogP contribution >= 0.6 is 11.6 Å². The lowest BCUT2D eigenvalue weighted by molar-refractivity contribution is 0.262. The van der Waals surface area contributed by atoms with Crippen LogP contribution in [0.3, 0.4) is 0 Å². The van der Waals surface area contributed by atoms with Gasteiger partial charge in [-0.1, -0.05) is 11.6 Å². The van der Waals surface area contributed by atoms with Crippen molar-refractivity contribution in [2.45, 2.75) is 26.7 Å². The molecule has 0 aliphatic carbocycles. The Labute approximate surface area is 169 Å². The van der Waals surface area contributed by atoms with E-state index >= 15 is 0 Å². The fourth-order valence-corrected chi connectivity index (χ4v) is 3.40. The predicted octanol–water partition coefficient (Wildman–Crippen LogP) is 4.01. The highest BCUT2D eigenvalue weighted by molar-refractivity contribution is 6.32. The minimum absolute atomic E-state index is 0.365. The van der Waals surface area contributed by atoms with Crippen LogP contribution in [0.5, 0.6) is 11.5 Å². The van der Waals surface area contributed by atoms with Crippen molar-refractivity contribution >= 4 is 35.0 Å². The second-order valence-corrected chi connectivity index (χ2v) is 6.94. The molecule has 0 saturated carbocycles. The zero-order valence-electron chi connectivity index (χ0n) is 16.4. The molecule has 2 amide bonds. The highest BCUT2D eigenvalue weighted by atomic mass is 35.5. The van der Waals surface area contributed by atoms with E-state index in [0.29, 0.717) is 45.2 Å². The molecule has 0 bridgehead atoms. The Morgan fingerprint density at radius 3 is 2.21 bits per heavy atom. The van der Waals surface area contributed by atoms with E-state index in [1.807, 2.05) is 13.8 Å². The van der Waals surface area contributed by atoms with E-state index in [1.54, 1.807) is 12.1 Å². The quantitative estimate of drug-likeness (QED) is 0.781. The molecular formula is C19H24ClN5O3. The molecule has 0 unspecified atom stereocenters. The van der Waals surface area contributed by atoms with Crippen molar-refractivity contribution < 1.29 is 14.3 Å². The van der Waals surface area contributed by atoms with E-state index in [-0.39, 0.29) is 0 Å². The molecule has 0 atom stereocenters. The van der Waals surface area contributed by atoms with E-state index in [2.05, 4.69) is 25.5 Å². The Kier molecular flexibility index (Phi) is 6.08. The fraction of sp³-hybridized carbons (Fsp3) is 0.421. The Hall–Kier alpha value is -2.74. The Morgan fingerprint density at radius 1 is 1.04 bits per heavy atom. The summed E-state index contributed by atoms with van der Waals surface area (Å²) in [4.78, 5) is 23.8. The molecule has 1 aromatic carbocycles. The highest BCUT2D eigenvalue weighted by Gasteiger charge is 2.19. The zero-order chi connectivity index (χ0) is 20.3. The summed E-state index contributed by atoms with van der Waals surface area (Å²) in [5.41, 5.74) is 2.43. The summed E-state index contributed by atoms with van der Waals surface area (Å²) in [6.45, 7) is 5.64. The van der Waals surface area contributed by atoms with Crippen LogP contribution in [-0.4, -0.2) is 43.3 Å². The molecule has 2 heterocycles. The minimum atomic E-state index is -0.441. The summed E-state index contributed by atoms with van der Waals surface area (Å²) in [7, 11) is 3.02. The van der Waals surface area contributed by atoms with Crippen LogP contribution in [0.4, 0.5) is 22.1 Å². The number of urea groups is 1. The summed E-state index contributed by atoms with van der Waals surface area (Å²) in [5.74, 6) is 1.61. The summed E-state index contributed by atoms with van der Waals surface area (Å²) in [6.07, 6.45) is 2.30. The molecule has 2 N–H and O–H groups in total. The van der Waals surface area contributed by atoms with Gasteiger partial charge in [0, 0.05) is 19.2 Å². The first-order valence-corrected chi connectivity index (χ1v) is 9.40. The topological polar surface area (TPSA) is 88.6 Å². The molecule has 0 radical (unpaired) electrons. The number of hydrogen-bond acceptors (Lipinski definition) is 6. The van der Waals surface area contributed by atoms with Gasteiger partial charge in [-0.05, 0) is 32.8 Å². The van der Waals surface area contributed by atoms with Gasteiger partial charge >= 0.3 is 6.03 Å². The van der Waals surface area contributed by atoms with Gasteiger partial charge in [-0.2, -0.15) is 0 Å². The largest absolute Gasteiger partial charge is 0.495 e. The average Bonchev–Trinajstić information content (AvgIpc) is 3.19. The van der Waals surface area contributed by atoms with Crippen LogP contribution in [0.25, 0.3) is 0 Å². The molecule has 3 rings (SSSR count). The lowest BCUT2D eigenvalue weighted by atomic mass is 10.2. The molecule has 2 aromatic rings. The van der Waals surface area contributed by atoms with Gasteiger partial charge in [-0.15, -0.1) is 0 Å². The van der Waals surface area contributed by atoms with Gasteiger partial charge in [-0.25, -0.2) is 14.8 Å². The molecule has 8 nitrogen and oxygen atoms in total. The molecule has 1 aliphatic rings. The molecule has 1 fully saturated rings. The van der Waals surface area contributed by atoms with E-state index in [4.69, 9.17) is 21.1 Å². The monoisotopic (exact) mass is 405 g/mol. The predicted molar refractivity (Wildman–Crippen MR) is 110 cm³/mol. The molecule has 1 aliphatic heterocycles. The summed E-state index contributed by atoms with van der Waals surface area (Å²) in [5, 5.41) is 5.93. The number of hydrogen-bond donors (Lipinski definition) is 2. The Balaban J connectivity index is 1.77. The minimum Gasteiger partial charge on any atom is -0.495 e. The molecular weight excluding hydrogens is 382 g/mol. The summed E-state index contributed by atoms with van der Waals surface area (Å²) < 4.78 is 10.5. The second kappa shape index (κ2) is 8.52. The maximum Gasteiger partial charge on any atom is 0.323 e. The number of carbonyl (C=O) groups is 1. The lowest BCUT2D eigenvalue weighted by Crippen LogP contribution is -2.24. The summed E-state index contributed by atoms with van der Waals surface area (Å²) in [6, 6.07) is 2.75. The van der Waals surface area contributed by atoms with E-state index < -0.39 is 6.03 Å². The number of carbonyl (C=O) groups excluding carboxylic acids is 1. The van der Waals surface area contributed by atoms with E-state index in [0.717, 1.165) is 25.9 Å². The number of nitrogens with zero attached hydrogens (tertiary/aromatic N) is 3. The van der Waals surface area contributed by atoms with Crippen LogP contribution in [-0.2, 0) is 0 Å². The van der Waals surface area contributed by atoms with Crippen LogP contribution in [0.2, 0.25) is 5.02 Å².